The van der Waals surface area contributed by atoms with Crippen LogP contribution in [0.15, 0.2) is 64.5 Å². The van der Waals surface area contributed by atoms with Crippen LogP contribution >= 0.6 is 0 Å². The van der Waals surface area contributed by atoms with E-state index in [0.717, 1.165) is 19.4 Å². The maximum atomic E-state index is 13.7. The van der Waals surface area contributed by atoms with Crippen molar-refractivity contribution in [3.8, 4) is 5.75 Å². The van der Waals surface area contributed by atoms with Gasteiger partial charge in [0.25, 0.3) is 11.7 Å². The number of methoxy groups -OCH3 is 1. The average molecular weight is 521 g/mol. The fraction of sp³-hybridized carbons (Fsp3) is 0.393. The van der Waals surface area contributed by atoms with E-state index in [9.17, 15) is 19.2 Å². The molecule has 2 aliphatic heterocycles. The van der Waals surface area contributed by atoms with Gasteiger partial charge in [0.2, 0.25) is 5.91 Å². The molecule has 10 heteroatoms. The first-order valence-electron chi connectivity index (χ1n) is 12.8. The van der Waals surface area contributed by atoms with Gasteiger partial charge in [0.1, 0.15) is 11.5 Å². The zero-order chi connectivity index (χ0) is 27.2. The predicted octanol–water partition coefficient (Wildman–Crippen LogP) is 2.57. The van der Waals surface area contributed by atoms with Crippen molar-refractivity contribution in [3.63, 3.8) is 0 Å². The minimum atomic E-state index is -1.08. The van der Waals surface area contributed by atoms with Gasteiger partial charge in [-0.05, 0) is 62.9 Å². The van der Waals surface area contributed by atoms with Gasteiger partial charge >= 0.3 is 5.97 Å². The number of piperidine rings is 2. The predicted molar refractivity (Wildman–Crippen MR) is 140 cm³/mol. The fourth-order valence-electron chi connectivity index (χ4n) is 4.76. The molecule has 1 aliphatic carbocycles. The highest BCUT2D eigenvalue weighted by Crippen LogP contribution is 2.29. The molecular formula is C28H32N4O6. The summed E-state index contributed by atoms with van der Waals surface area (Å²) in [6, 6.07) is 6.73. The van der Waals surface area contributed by atoms with Crippen molar-refractivity contribution < 1.29 is 28.7 Å². The molecule has 2 amide bonds. The average Bonchev–Trinajstić information content (AvgIpc) is 2.94. The number of carbonyl (C=O) groups excluding carboxylic acids is 4. The first-order valence-corrected chi connectivity index (χ1v) is 12.8. The molecule has 2 heterocycles. The monoisotopic (exact) mass is 520 g/mol. The van der Waals surface area contributed by atoms with Gasteiger partial charge in [0.15, 0.2) is 0 Å². The standard InChI is InChI=1S/C28H32N4O6/c1-3-38-28(36)26(34)24(29)22-15-17-32(27(35)25(22)30-18-7-13-21(37-2)14-8-18)20-11-9-19(10-12-20)31-16-5-4-6-23(31)33/h7-9,11-14,19H,3-6,10,15-17,29H2,1-2H3. The zero-order valence-corrected chi connectivity index (χ0v) is 21.6. The molecule has 38 heavy (non-hydrogen) atoms. The van der Waals surface area contributed by atoms with E-state index in [1.54, 1.807) is 43.2 Å². The Bertz CT molecular complexity index is 1240. The molecule has 1 atom stereocenters. The van der Waals surface area contributed by atoms with Gasteiger partial charge in [-0.2, -0.15) is 0 Å². The van der Waals surface area contributed by atoms with Crippen LogP contribution < -0.4 is 10.5 Å². The molecule has 3 aliphatic rings. The van der Waals surface area contributed by atoms with Gasteiger partial charge in [0, 0.05) is 30.8 Å². The van der Waals surface area contributed by atoms with E-state index in [-0.39, 0.29) is 48.5 Å². The third-order valence-corrected chi connectivity index (χ3v) is 6.79. The van der Waals surface area contributed by atoms with E-state index in [4.69, 9.17) is 15.2 Å². The van der Waals surface area contributed by atoms with Crippen molar-refractivity contribution in [3.05, 3.63) is 59.5 Å². The summed E-state index contributed by atoms with van der Waals surface area (Å²) in [5.41, 5.74) is 7.10. The Labute approximate surface area is 221 Å². The summed E-state index contributed by atoms with van der Waals surface area (Å²) in [5, 5.41) is 0. The van der Waals surface area contributed by atoms with E-state index in [1.165, 1.54) is 0 Å². The molecular weight excluding hydrogens is 488 g/mol. The lowest BCUT2D eigenvalue weighted by atomic mass is 9.94. The van der Waals surface area contributed by atoms with Crippen LogP contribution in [0.2, 0.25) is 0 Å². The van der Waals surface area contributed by atoms with Gasteiger partial charge in [-0.1, -0.05) is 12.2 Å². The number of benzene rings is 1. The molecule has 0 bridgehead atoms. The lowest BCUT2D eigenvalue weighted by molar-refractivity contribution is -0.151. The van der Waals surface area contributed by atoms with E-state index in [0.29, 0.717) is 30.0 Å². The Balaban J connectivity index is 1.63. The maximum absolute atomic E-state index is 13.7. The SMILES string of the molecule is CCOC(=O)C(=O)C(N)=C1CCN(C2=CCC(N3CCCCC3=O)C=C2)C(=O)C1=Nc1ccc(OC)cc1. The van der Waals surface area contributed by atoms with E-state index >= 15 is 0 Å². The Morgan fingerprint density at radius 1 is 1.11 bits per heavy atom. The minimum Gasteiger partial charge on any atom is -0.497 e. The van der Waals surface area contributed by atoms with Gasteiger partial charge in [-0.3, -0.25) is 14.4 Å². The number of ether oxygens (including phenoxy) is 2. The number of aliphatic imine (C=N–C) groups is 1. The molecule has 2 N–H and O–H groups in total. The smallest absolute Gasteiger partial charge is 0.381 e. The van der Waals surface area contributed by atoms with Crippen LogP contribution in [0.1, 0.15) is 39.0 Å². The van der Waals surface area contributed by atoms with Crippen molar-refractivity contribution in [2.75, 3.05) is 26.8 Å². The third kappa shape index (κ3) is 5.69. The second kappa shape index (κ2) is 11.9. The van der Waals surface area contributed by atoms with Gasteiger partial charge in [-0.25, -0.2) is 9.79 Å². The van der Waals surface area contributed by atoms with Crippen LogP contribution in [-0.2, 0) is 23.9 Å². The molecule has 0 saturated carbocycles. The fourth-order valence-corrected chi connectivity index (χ4v) is 4.76. The van der Waals surface area contributed by atoms with E-state index in [1.807, 2.05) is 23.1 Å². The van der Waals surface area contributed by atoms with Gasteiger partial charge < -0.3 is 25.0 Å². The van der Waals surface area contributed by atoms with Crippen LogP contribution in [-0.4, -0.2) is 71.9 Å². The van der Waals surface area contributed by atoms with Crippen LogP contribution in [0.5, 0.6) is 5.75 Å². The van der Waals surface area contributed by atoms with Crippen molar-refractivity contribution in [2.45, 2.75) is 45.1 Å². The summed E-state index contributed by atoms with van der Waals surface area (Å²) in [6.07, 6.45) is 9.04. The van der Waals surface area contributed by atoms with Crippen LogP contribution in [0, 0.1) is 0 Å². The molecule has 200 valence electrons. The highest BCUT2D eigenvalue weighted by molar-refractivity contribution is 6.49. The summed E-state index contributed by atoms with van der Waals surface area (Å²) in [6.45, 7) is 2.60. The molecule has 1 aromatic carbocycles. The molecule has 1 unspecified atom stereocenters. The van der Waals surface area contributed by atoms with Crippen molar-refractivity contribution >= 4 is 35.0 Å². The highest BCUT2D eigenvalue weighted by Gasteiger charge is 2.35. The van der Waals surface area contributed by atoms with Crippen LogP contribution in [0.25, 0.3) is 0 Å². The normalized spacial score (nSPS) is 22.3. The summed E-state index contributed by atoms with van der Waals surface area (Å²) < 4.78 is 9.99. The Kier molecular flexibility index (Phi) is 8.40. The molecule has 1 aromatic rings. The number of ketones is 1. The quantitative estimate of drug-likeness (QED) is 0.332. The van der Waals surface area contributed by atoms with Crippen LogP contribution in [0.4, 0.5) is 5.69 Å². The van der Waals surface area contributed by atoms with E-state index < -0.39 is 17.7 Å². The molecule has 0 radical (unpaired) electrons. The largest absolute Gasteiger partial charge is 0.497 e. The second-order valence-electron chi connectivity index (χ2n) is 9.14. The molecule has 2 fully saturated rings. The number of allylic oxidation sites excluding steroid dienone is 1. The van der Waals surface area contributed by atoms with Gasteiger partial charge in [0.05, 0.1) is 31.1 Å². The first-order chi connectivity index (χ1) is 18.3. The number of amides is 2. The summed E-state index contributed by atoms with van der Waals surface area (Å²) >= 11 is 0. The Morgan fingerprint density at radius 2 is 1.87 bits per heavy atom. The number of carbonyl (C=O) groups is 4. The first kappa shape index (κ1) is 26.8. The molecule has 4 rings (SSSR count). The minimum absolute atomic E-state index is 0.0146. The number of nitrogens with two attached hydrogens (primary N) is 1. The lowest BCUT2D eigenvalue weighted by Gasteiger charge is -2.36. The number of hydrogen-bond donors (Lipinski definition) is 1. The maximum Gasteiger partial charge on any atom is 0.381 e. The van der Waals surface area contributed by atoms with Crippen LogP contribution in [0.3, 0.4) is 0 Å². The topological polar surface area (TPSA) is 132 Å². The third-order valence-electron chi connectivity index (χ3n) is 6.79. The van der Waals surface area contributed by atoms with Crippen molar-refractivity contribution in [1.82, 2.24) is 9.80 Å². The Hall–Kier alpha value is -4.21. The highest BCUT2D eigenvalue weighted by atomic mass is 16.5. The number of nitrogens with zero attached hydrogens (tertiary/aromatic N) is 3. The van der Waals surface area contributed by atoms with E-state index in [2.05, 4.69) is 4.99 Å². The van der Waals surface area contributed by atoms with Gasteiger partial charge in [-0.15, -0.1) is 0 Å². The molecule has 0 spiro atoms. The lowest BCUT2D eigenvalue weighted by Crippen LogP contribution is -2.45. The van der Waals surface area contributed by atoms with Crippen molar-refractivity contribution in [2.24, 2.45) is 10.7 Å². The summed E-state index contributed by atoms with van der Waals surface area (Å²) in [5.74, 6) is -1.74. The number of rotatable bonds is 7. The Morgan fingerprint density at radius 3 is 2.50 bits per heavy atom. The number of Topliss-reactive ketones (excluding diaryl/α,β-unsaturated/α-hetero) is 1. The van der Waals surface area contributed by atoms with Crippen molar-refractivity contribution in [1.29, 1.82) is 0 Å². The summed E-state index contributed by atoms with van der Waals surface area (Å²) in [7, 11) is 1.54. The molecule has 2 saturated heterocycles. The number of likely N-dealkylation sites (tertiary alicyclic amines) is 2. The zero-order valence-electron chi connectivity index (χ0n) is 21.6. The molecule has 10 nitrogen and oxygen atoms in total. The summed E-state index contributed by atoms with van der Waals surface area (Å²) in [4.78, 5) is 58.7. The second-order valence-corrected chi connectivity index (χ2v) is 9.14. The molecule has 0 aromatic heterocycles. The number of esters is 1. The number of hydrogen-bond acceptors (Lipinski definition) is 8.